The number of aliphatic imine (C=N–C) groups is 1. The van der Waals surface area contributed by atoms with Gasteiger partial charge in [0.05, 0.1) is 12.2 Å². The number of fused-ring (bicyclic) bond motifs is 1. The first-order chi connectivity index (χ1) is 8.72. The Morgan fingerprint density at radius 3 is 3.22 bits per heavy atom. The van der Waals surface area contributed by atoms with E-state index in [9.17, 15) is 0 Å². The molecule has 5 heteroatoms. The first kappa shape index (κ1) is 12.1. The fourth-order valence-electron chi connectivity index (χ4n) is 2.86. The number of thioether (sulfide) groups is 1. The van der Waals surface area contributed by atoms with Gasteiger partial charge >= 0.3 is 0 Å². The topological polar surface area (TPSA) is 42.2 Å². The Bertz CT molecular complexity index is 466. The van der Waals surface area contributed by atoms with Crippen molar-refractivity contribution in [1.82, 2.24) is 15.1 Å². The van der Waals surface area contributed by atoms with Gasteiger partial charge in [-0.2, -0.15) is 5.10 Å². The van der Waals surface area contributed by atoms with Crippen LogP contribution in [0, 0.1) is 12.8 Å². The quantitative estimate of drug-likeness (QED) is 0.889. The summed E-state index contributed by atoms with van der Waals surface area (Å²) < 4.78 is 1.86. The van der Waals surface area contributed by atoms with Crippen molar-refractivity contribution < 1.29 is 0 Å². The Hall–Kier alpha value is -0.970. The number of nitrogens with one attached hydrogen (secondary N) is 1. The third kappa shape index (κ3) is 2.41. The zero-order chi connectivity index (χ0) is 12.5. The van der Waals surface area contributed by atoms with E-state index < -0.39 is 0 Å². The van der Waals surface area contributed by atoms with Crippen LogP contribution in [-0.2, 0) is 13.6 Å². The molecular formula is C13H20N4S. The Balaban J connectivity index is 1.64. The van der Waals surface area contributed by atoms with Crippen molar-refractivity contribution in [1.29, 1.82) is 0 Å². The van der Waals surface area contributed by atoms with Crippen LogP contribution in [0.25, 0.3) is 0 Å². The fourth-order valence-corrected chi connectivity index (χ4v) is 4.03. The van der Waals surface area contributed by atoms with Crippen LogP contribution < -0.4 is 5.32 Å². The van der Waals surface area contributed by atoms with E-state index in [2.05, 4.69) is 16.6 Å². The molecule has 1 N–H and O–H groups in total. The molecule has 2 atom stereocenters. The molecule has 1 aliphatic carbocycles. The molecule has 1 aromatic rings. The largest absolute Gasteiger partial charge is 0.362 e. The maximum absolute atomic E-state index is 4.70. The monoisotopic (exact) mass is 264 g/mol. The Kier molecular flexibility index (Phi) is 3.33. The molecule has 1 aliphatic heterocycles. The molecule has 0 amide bonds. The van der Waals surface area contributed by atoms with E-state index in [-0.39, 0.29) is 0 Å². The summed E-state index contributed by atoms with van der Waals surface area (Å²) in [5.74, 6) is 2.11. The van der Waals surface area contributed by atoms with Gasteiger partial charge in [0.2, 0.25) is 0 Å². The average Bonchev–Trinajstić information content (AvgIpc) is 2.92. The maximum atomic E-state index is 4.70. The predicted octanol–water partition coefficient (Wildman–Crippen LogP) is 2.09. The van der Waals surface area contributed by atoms with Crippen LogP contribution >= 0.6 is 11.8 Å². The van der Waals surface area contributed by atoms with Crippen LogP contribution in [0.3, 0.4) is 0 Å². The van der Waals surface area contributed by atoms with Crippen LogP contribution in [0.1, 0.15) is 30.5 Å². The van der Waals surface area contributed by atoms with Crippen molar-refractivity contribution in [2.24, 2.45) is 18.0 Å². The summed E-state index contributed by atoms with van der Waals surface area (Å²) in [7, 11) is 1.96. The van der Waals surface area contributed by atoms with E-state index in [1.807, 2.05) is 30.4 Å². The van der Waals surface area contributed by atoms with Gasteiger partial charge in [-0.3, -0.25) is 9.67 Å². The molecule has 1 saturated heterocycles. The van der Waals surface area contributed by atoms with Gasteiger partial charge in [-0.25, -0.2) is 0 Å². The lowest BCUT2D eigenvalue weighted by Gasteiger charge is -2.28. The highest BCUT2D eigenvalue weighted by atomic mass is 32.2. The zero-order valence-corrected chi connectivity index (χ0v) is 11.8. The third-order valence-electron chi connectivity index (χ3n) is 3.91. The van der Waals surface area contributed by atoms with E-state index in [0.717, 1.165) is 23.3 Å². The minimum absolute atomic E-state index is 0.681. The standard InChI is InChI=1S/C13H20N4S/c1-9-11(7-17(2)16-9)6-14-13-15-12-5-3-4-10(12)8-18-13/h7,10,12H,3-6,8H2,1-2H3,(H,14,15). The van der Waals surface area contributed by atoms with Gasteiger partial charge in [-0.1, -0.05) is 18.2 Å². The Morgan fingerprint density at radius 2 is 2.44 bits per heavy atom. The van der Waals surface area contributed by atoms with E-state index in [0.29, 0.717) is 6.04 Å². The number of aryl methyl sites for hydroxylation is 2. The van der Waals surface area contributed by atoms with Crippen molar-refractivity contribution >= 4 is 16.9 Å². The van der Waals surface area contributed by atoms with Crippen LogP contribution in [0.15, 0.2) is 11.2 Å². The van der Waals surface area contributed by atoms with Crippen molar-refractivity contribution in [3.05, 3.63) is 17.5 Å². The van der Waals surface area contributed by atoms with Gasteiger partial charge < -0.3 is 5.32 Å². The second kappa shape index (κ2) is 4.96. The second-order valence-corrected chi connectivity index (χ2v) is 6.30. The molecule has 0 bridgehead atoms. The van der Waals surface area contributed by atoms with Crippen LogP contribution in [0.2, 0.25) is 0 Å². The molecule has 0 radical (unpaired) electrons. The molecule has 4 nitrogen and oxygen atoms in total. The molecule has 1 aromatic heterocycles. The highest BCUT2D eigenvalue weighted by Gasteiger charge is 2.31. The third-order valence-corrected chi connectivity index (χ3v) is 5.03. The van der Waals surface area contributed by atoms with Gasteiger partial charge in [0.1, 0.15) is 0 Å². The van der Waals surface area contributed by atoms with Gasteiger partial charge in [-0.15, -0.1) is 0 Å². The van der Waals surface area contributed by atoms with Crippen molar-refractivity contribution in [3.63, 3.8) is 0 Å². The van der Waals surface area contributed by atoms with E-state index in [1.54, 1.807) is 0 Å². The number of nitrogens with zero attached hydrogens (tertiary/aromatic N) is 3. The fraction of sp³-hybridized carbons (Fsp3) is 0.692. The highest BCUT2D eigenvalue weighted by Crippen LogP contribution is 2.32. The number of hydrogen-bond donors (Lipinski definition) is 1. The smallest absolute Gasteiger partial charge is 0.157 e. The van der Waals surface area contributed by atoms with Crippen LogP contribution in [0.4, 0.5) is 0 Å². The molecule has 0 spiro atoms. The summed E-state index contributed by atoms with van der Waals surface area (Å²) in [6, 6.07) is 0.681. The lowest BCUT2D eigenvalue weighted by molar-refractivity contribution is 0.489. The van der Waals surface area contributed by atoms with E-state index in [4.69, 9.17) is 4.99 Å². The number of rotatable bonds is 2. The van der Waals surface area contributed by atoms with Gasteiger partial charge in [0, 0.05) is 30.6 Å². The predicted molar refractivity (Wildman–Crippen MR) is 75.8 cm³/mol. The summed E-state index contributed by atoms with van der Waals surface area (Å²) >= 11 is 1.88. The summed E-state index contributed by atoms with van der Waals surface area (Å²) in [5.41, 5.74) is 2.31. The van der Waals surface area contributed by atoms with E-state index in [1.165, 1.54) is 30.6 Å². The molecule has 2 heterocycles. The molecule has 2 unspecified atom stereocenters. The molecule has 18 heavy (non-hydrogen) atoms. The Labute approximate surface area is 112 Å². The molecule has 1 saturated carbocycles. The first-order valence-corrected chi connectivity index (χ1v) is 7.64. The number of amidine groups is 1. The maximum Gasteiger partial charge on any atom is 0.157 e. The molecular weight excluding hydrogens is 244 g/mol. The van der Waals surface area contributed by atoms with Crippen molar-refractivity contribution in [2.45, 2.75) is 38.8 Å². The van der Waals surface area contributed by atoms with Crippen molar-refractivity contribution in [3.8, 4) is 0 Å². The van der Waals surface area contributed by atoms with E-state index >= 15 is 0 Å². The van der Waals surface area contributed by atoms with Crippen LogP contribution in [-0.4, -0.2) is 26.7 Å². The van der Waals surface area contributed by atoms with Crippen LogP contribution in [0.5, 0.6) is 0 Å². The molecule has 3 rings (SSSR count). The average molecular weight is 264 g/mol. The lowest BCUT2D eigenvalue weighted by Crippen LogP contribution is -2.41. The zero-order valence-electron chi connectivity index (χ0n) is 11.0. The lowest BCUT2D eigenvalue weighted by atomic mass is 10.1. The number of hydrogen-bond acceptors (Lipinski definition) is 3. The normalized spacial score (nSPS) is 29.3. The number of aromatic nitrogens is 2. The molecule has 0 aromatic carbocycles. The summed E-state index contributed by atoms with van der Waals surface area (Å²) in [6.45, 7) is 2.79. The minimum atomic E-state index is 0.681. The van der Waals surface area contributed by atoms with Gasteiger partial charge in [0.15, 0.2) is 5.17 Å². The summed E-state index contributed by atoms with van der Waals surface area (Å²) in [6.07, 6.45) is 6.14. The van der Waals surface area contributed by atoms with Gasteiger partial charge in [-0.05, 0) is 25.7 Å². The SMILES string of the molecule is Cc1nn(C)cc1CN=C1NC2CCCC2CS1. The first-order valence-electron chi connectivity index (χ1n) is 6.65. The summed E-state index contributed by atoms with van der Waals surface area (Å²) in [4.78, 5) is 4.70. The second-order valence-electron chi connectivity index (χ2n) is 5.29. The molecule has 98 valence electrons. The summed E-state index contributed by atoms with van der Waals surface area (Å²) in [5, 5.41) is 9.07. The van der Waals surface area contributed by atoms with Crippen molar-refractivity contribution in [2.75, 3.05) is 5.75 Å². The molecule has 2 fully saturated rings. The highest BCUT2D eigenvalue weighted by molar-refractivity contribution is 8.13. The molecule has 2 aliphatic rings. The Morgan fingerprint density at radius 1 is 1.56 bits per heavy atom. The minimum Gasteiger partial charge on any atom is -0.362 e. The van der Waals surface area contributed by atoms with Gasteiger partial charge in [0.25, 0.3) is 0 Å².